The topological polar surface area (TPSA) is 75.7 Å². The van der Waals surface area contributed by atoms with E-state index in [4.69, 9.17) is 4.74 Å². The van der Waals surface area contributed by atoms with Crippen molar-refractivity contribution in [2.24, 2.45) is 0 Å². The van der Waals surface area contributed by atoms with E-state index >= 15 is 0 Å². The molecule has 6 nitrogen and oxygen atoms in total. The van der Waals surface area contributed by atoms with Crippen molar-refractivity contribution in [1.29, 1.82) is 0 Å². The predicted molar refractivity (Wildman–Crippen MR) is 112 cm³/mol. The number of anilines is 2. The quantitative estimate of drug-likeness (QED) is 0.853. The molecule has 0 saturated carbocycles. The average Bonchev–Trinajstić information content (AvgIpc) is 2.76. The molecular weight excluding hydrogens is 376 g/mol. The molecule has 1 aliphatic rings. The van der Waals surface area contributed by atoms with E-state index in [1.165, 1.54) is 10.6 Å². The van der Waals surface area contributed by atoms with E-state index in [-0.39, 0.29) is 18.9 Å². The molecule has 1 atom stereocenters. The van der Waals surface area contributed by atoms with Crippen molar-refractivity contribution >= 4 is 27.3 Å². The molecule has 1 amide bonds. The van der Waals surface area contributed by atoms with Crippen LogP contribution in [0.4, 0.5) is 11.4 Å². The van der Waals surface area contributed by atoms with E-state index in [0.29, 0.717) is 11.4 Å². The molecule has 0 radical (unpaired) electrons. The van der Waals surface area contributed by atoms with Crippen LogP contribution in [0.1, 0.15) is 28.7 Å². The number of carbonyl (C=O) groups excluding carboxylic acids is 1. The zero-order valence-electron chi connectivity index (χ0n) is 16.9. The summed E-state index contributed by atoms with van der Waals surface area (Å²) in [6, 6.07) is 9.36. The van der Waals surface area contributed by atoms with Crippen LogP contribution in [0.25, 0.3) is 0 Å². The van der Waals surface area contributed by atoms with E-state index in [0.717, 1.165) is 27.9 Å². The van der Waals surface area contributed by atoms with Crippen LogP contribution in [0.3, 0.4) is 0 Å². The maximum Gasteiger partial charge on any atom is 0.265 e. The molecule has 0 aromatic heterocycles. The third kappa shape index (κ3) is 4.14. The van der Waals surface area contributed by atoms with Crippen molar-refractivity contribution < 1.29 is 17.9 Å². The lowest BCUT2D eigenvalue weighted by Crippen LogP contribution is -2.36. The standard InChI is InChI=1S/C21H26N2O4S/c1-13-6-7-18-17(12-13)23(28(5,25)26)9-8-19(27-18)21(24)22-20-15(3)10-14(2)11-16(20)4/h6-7,10-12,19H,8-9H2,1-5H3,(H,22,24)/t19-/m0/s1. The van der Waals surface area contributed by atoms with Crippen LogP contribution in [-0.2, 0) is 14.8 Å². The molecule has 2 aromatic carbocycles. The normalized spacial score (nSPS) is 16.8. The largest absolute Gasteiger partial charge is 0.478 e. The minimum absolute atomic E-state index is 0.180. The Bertz CT molecular complexity index is 1010. The van der Waals surface area contributed by atoms with Crippen LogP contribution in [-0.4, -0.2) is 33.2 Å². The summed E-state index contributed by atoms with van der Waals surface area (Å²) in [7, 11) is -3.48. The van der Waals surface area contributed by atoms with E-state index in [1.807, 2.05) is 45.9 Å². The van der Waals surface area contributed by atoms with Crippen molar-refractivity contribution in [3.8, 4) is 5.75 Å². The first-order chi connectivity index (χ1) is 13.1. The van der Waals surface area contributed by atoms with Gasteiger partial charge in [-0.3, -0.25) is 9.10 Å². The summed E-state index contributed by atoms with van der Waals surface area (Å²) >= 11 is 0. The summed E-state index contributed by atoms with van der Waals surface area (Å²) in [5, 5.41) is 2.97. The van der Waals surface area contributed by atoms with E-state index < -0.39 is 16.1 Å². The first-order valence-electron chi connectivity index (χ1n) is 9.20. The highest BCUT2D eigenvalue weighted by Crippen LogP contribution is 2.35. The molecule has 1 aliphatic heterocycles. The van der Waals surface area contributed by atoms with Crippen LogP contribution in [0.15, 0.2) is 30.3 Å². The molecule has 0 fully saturated rings. The number of hydrogen-bond acceptors (Lipinski definition) is 4. The molecular formula is C21H26N2O4S. The summed E-state index contributed by atoms with van der Waals surface area (Å²) in [4.78, 5) is 12.9. The van der Waals surface area contributed by atoms with Gasteiger partial charge in [-0.2, -0.15) is 0 Å². The highest BCUT2D eigenvalue weighted by molar-refractivity contribution is 7.92. The number of sulfonamides is 1. The number of carbonyl (C=O) groups is 1. The molecule has 0 saturated heterocycles. The van der Waals surface area contributed by atoms with Gasteiger partial charge in [0, 0.05) is 18.7 Å². The maximum atomic E-state index is 12.9. The molecule has 0 spiro atoms. The number of nitrogens with zero attached hydrogens (tertiary/aromatic N) is 1. The summed E-state index contributed by atoms with van der Waals surface area (Å²) in [6.45, 7) is 7.98. The van der Waals surface area contributed by atoms with E-state index in [9.17, 15) is 13.2 Å². The van der Waals surface area contributed by atoms with Crippen molar-refractivity contribution in [3.05, 3.63) is 52.6 Å². The third-order valence-corrected chi connectivity index (χ3v) is 6.04. The highest BCUT2D eigenvalue weighted by Gasteiger charge is 2.31. The van der Waals surface area contributed by atoms with Gasteiger partial charge in [-0.15, -0.1) is 0 Å². The average molecular weight is 403 g/mol. The van der Waals surface area contributed by atoms with E-state index in [2.05, 4.69) is 5.32 Å². The number of benzene rings is 2. The molecule has 1 heterocycles. The Kier molecular flexibility index (Phi) is 5.39. The van der Waals surface area contributed by atoms with Gasteiger partial charge in [-0.25, -0.2) is 8.42 Å². The second-order valence-corrected chi connectivity index (χ2v) is 9.37. The molecule has 3 rings (SSSR count). The Morgan fingerprint density at radius 2 is 1.71 bits per heavy atom. The van der Waals surface area contributed by atoms with Gasteiger partial charge in [0.15, 0.2) is 6.10 Å². The van der Waals surface area contributed by atoms with Gasteiger partial charge >= 0.3 is 0 Å². The first-order valence-corrected chi connectivity index (χ1v) is 11.0. The van der Waals surface area contributed by atoms with Gasteiger partial charge in [0.1, 0.15) is 5.75 Å². The summed E-state index contributed by atoms with van der Waals surface area (Å²) in [6.07, 6.45) is 0.642. The van der Waals surface area contributed by atoms with Crippen LogP contribution in [0.5, 0.6) is 5.75 Å². The van der Waals surface area contributed by atoms with Crippen molar-refractivity contribution in [3.63, 3.8) is 0 Å². The lowest BCUT2D eigenvalue weighted by molar-refractivity contribution is -0.122. The number of fused-ring (bicyclic) bond motifs is 1. The van der Waals surface area contributed by atoms with Crippen LogP contribution in [0, 0.1) is 27.7 Å². The fraction of sp³-hybridized carbons (Fsp3) is 0.381. The SMILES string of the molecule is Cc1cc(C)c(NC(=O)[C@@H]2CCN(S(C)(=O)=O)c3cc(C)ccc3O2)c(C)c1. The molecule has 7 heteroatoms. The van der Waals surface area contributed by atoms with Crippen LogP contribution in [0.2, 0.25) is 0 Å². The molecule has 0 aliphatic carbocycles. The number of rotatable bonds is 3. The van der Waals surface area contributed by atoms with Crippen molar-refractivity contribution in [2.45, 2.75) is 40.2 Å². The van der Waals surface area contributed by atoms with Crippen molar-refractivity contribution in [2.75, 3.05) is 22.4 Å². The Labute approximate surface area is 166 Å². The Balaban J connectivity index is 1.91. The van der Waals surface area contributed by atoms with Gasteiger partial charge in [-0.1, -0.05) is 23.8 Å². The van der Waals surface area contributed by atoms with Crippen LogP contribution < -0.4 is 14.4 Å². The minimum Gasteiger partial charge on any atom is -0.478 e. The second kappa shape index (κ2) is 7.47. The smallest absolute Gasteiger partial charge is 0.265 e. The van der Waals surface area contributed by atoms with Gasteiger partial charge in [0.05, 0.1) is 11.9 Å². The second-order valence-electron chi connectivity index (χ2n) is 7.46. The number of hydrogen-bond donors (Lipinski definition) is 1. The molecule has 28 heavy (non-hydrogen) atoms. The van der Waals surface area contributed by atoms with Crippen LogP contribution >= 0.6 is 0 Å². The van der Waals surface area contributed by atoms with Gasteiger partial charge in [0.2, 0.25) is 10.0 Å². The minimum atomic E-state index is -3.48. The predicted octanol–water partition coefficient (Wildman–Crippen LogP) is 3.48. The number of amides is 1. The fourth-order valence-corrected chi connectivity index (χ4v) is 4.54. The zero-order valence-corrected chi connectivity index (χ0v) is 17.7. The Morgan fingerprint density at radius 1 is 1.07 bits per heavy atom. The zero-order chi connectivity index (χ0) is 20.6. The fourth-order valence-electron chi connectivity index (χ4n) is 3.60. The Hall–Kier alpha value is -2.54. The number of aryl methyl sites for hydroxylation is 4. The Morgan fingerprint density at radius 3 is 2.32 bits per heavy atom. The molecule has 1 N–H and O–H groups in total. The van der Waals surface area contributed by atoms with Gasteiger partial charge in [-0.05, 0) is 56.5 Å². The lowest BCUT2D eigenvalue weighted by Gasteiger charge is -2.21. The molecule has 0 bridgehead atoms. The van der Waals surface area contributed by atoms with E-state index in [1.54, 1.807) is 12.1 Å². The molecule has 2 aromatic rings. The highest BCUT2D eigenvalue weighted by atomic mass is 32.2. The van der Waals surface area contributed by atoms with Crippen molar-refractivity contribution in [1.82, 2.24) is 0 Å². The summed E-state index contributed by atoms with van der Waals surface area (Å²) in [5.74, 6) is 0.114. The summed E-state index contributed by atoms with van der Waals surface area (Å²) < 4.78 is 31.8. The molecule has 0 unspecified atom stereocenters. The molecule has 150 valence electrons. The number of ether oxygens (including phenoxy) is 1. The third-order valence-electron chi connectivity index (χ3n) is 4.86. The first kappa shape index (κ1) is 20.2. The maximum absolute atomic E-state index is 12.9. The van der Waals surface area contributed by atoms with Gasteiger partial charge < -0.3 is 10.1 Å². The number of nitrogens with one attached hydrogen (secondary N) is 1. The summed E-state index contributed by atoms with van der Waals surface area (Å²) in [5.41, 5.74) is 5.26. The van der Waals surface area contributed by atoms with Gasteiger partial charge in [0.25, 0.3) is 5.91 Å². The lowest BCUT2D eigenvalue weighted by atomic mass is 10.0. The monoisotopic (exact) mass is 402 g/mol.